The van der Waals surface area contributed by atoms with E-state index in [2.05, 4.69) is 97.1 Å². The molecule has 3 heterocycles. The van der Waals surface area contributed by atoms with Crippen LogP contribution in [0.1, 0.15) is 0 Å². The maximum absolute atomic E-state index is 6.51. The van der Waals surface area contributed by atoms with Gasteiger partial charge in [0.1, 0.15) is 22.3 Å². The quantitative estimate of drug-likeness (QED) is 0.187. The molecule has 3 aromatic heterocycles. The highest BCUT2D eigenvalue weighted by Crippen LogP contribution is 2.41. The third kappa shape index (κ3) is 4.75. The molecule has 50 heavy (non-hydrogen) atoms. The zero-order chi connectivity index (χ0) is 33.0. The molecule has 10 rings (SSSR count). The predicted molar refractivity (Wildman–Crippen MR) is 202 cm³/mol. The Bertz CT molecular complexity index is 2850. The van der Waals surface area contributed by atoms with Crippen molar-refractivity contribution in [2.24, 2.45) is 0 Å². The number of hydrogen-bond acceptors (Lipinski definition) is 5. The van der Waals surface area contributed by atoms with Gasteiger partial charge in [0.2, 0.25) is 0 Å². The van der Waals surface area contributed by atoms with Crippen molar-refractivity contribution in [2.45, 2.75) is 0 Å². The molecule has 0 unspecified atom stereocenters. The second kappa shape index (κ2) is 11.4. The van der Waals surface area contributed by atoms with Gasteiger partial charge in [-0.15, -0.1) is 0 Å². The fourth-order valence-corrected chi connectivity index (χ4v) is 6.90. The molecule has 0 atom stereocenters. The van der Waals surface area contributed by atoms with E-state index in [4.69, 9.17) is 23.8 Å². The second-order valence-electron chi connectivity index (χ2n) is 12.4. The first-order valence-electron chi connectivity index (χ1n) is 16.6. The Morgan fingerprint density at radius 3 is 1.50 bits per heavy atom. The molecule has 5 heteroatoms. The summed E-state index contributed by atoms with van der Waals surface area (Å²) in [5.41, 5.74) is 10.4. The summed E-state index contributed by atoms with van der Waals surface area (Å²) in [5.74, 6) is 1.78. The Kier molecular flexibility index (Phi) is 6.42. The number of aromatic nitrogens is 3. The number of rotatable bonds is 5. The summed E-state index contributed by atoms with van der Waals surface area (Å²) < 4.78 is 12.7. The van der Waals surface area contributed by atoms with Crippen LogP contribution < -0.4 is 0 Å². The van der Waals surface area contributed by atoms with Crippen molar-refractivity contribution in [3.8, 4) is 56.4 Å². The van der Waals surface area contributed by atoms with Gasteiger partial charge in [-0.25, -0.2) is 15.0 Å². The number of benzene rings is 7. The van der Waals surface area contributed by atoms with Gasteiger partial charge in [0.15, 0.2) is 17.5 Å². The van der Waals surface area contributed by atoms with Gasteiger partial charge >= 0.3 is 0 Å². The molecule has 0 saturated carbocycles. The molecule has 0 amide bonds. The van der Waals surface area contributed by atoms with Crippen molar-refractivity contribution in [3.63, 3.8) is 0 Å². The molecule has 0 aliphatic carbocycles. The van der Waals surface area contributed by atoms with Crippen molar-refractivity contribution in [1.82, 2.24) is 15.0 Å². The molecule has 0 saturated heterocycles. The molecule has 0 aliphatic rings. The first kappa shape index (κ1) is 28.2. The standard InChI is InChI=1S/C45H27N3O2/c1-3-11-28(12-4-1)29-19-21-31(22-20-29)44-46-43(30-13-5-2-6-14-30)47-45(48-44)33-26-36(42-35-16-8-10-18-39(35)50-41(42)27-33)32-23-24-40-37(25-32)34-15-7-9-17-38(34)49-40/h1-27H. The summed E-state index contributed by atoms with van der Waals surface area (Å²) in [4.78, 5) is 15.1. The highest BCUT2D eigenvalue weighted by molar-refractivity contribution is 6.15. The lowest BCUT2D eigenvalue weighted by atomic mass is 9.95. The topological polar surface area (TPSA) is 65.0 Å². The third-order valence-electron chi connectivity index (χ3n) is 9.34. The lowest BCUT2D eigenvalue weighted by Gasteiger charge is -2.11. The van der Waals surface area contributed by atoms with Crippen LogP contribution in [-0.4, -0.2) is 15.0 Å². The average molecular weight is 642 g/mol. The van der Waals surface area contributed by atoms with Gasteiger partial charge in [-0.3, -0.25) is 0 Å². The zero-order valence-electron chi connectivity index (χ0n) is 26.7. The van der Waals surface area contributed by atoms with Crippen LogP contribution in [0.25, 0.3) is 100 Å². The van der Waals surface area contributed by atoms with Gasteiger partial charge < -0.3 is 8.83 Å². The largest absolute Gasteiger partial charge is 0.456 e. The maximum Gasteiger partial charge on any atom is 0.164 e. The molecule has 0 bridgehead atoms. The smallest absolute Gasteiger partial charge is 0.164 e. The van der Waals surface area contributed by atoms with E-state index < -0.39 is 0 Å². The van der Waals surface area contributed by atoms with Crippen LogP contribution >= 0.6 is 0 Å². The zero-order valence-corrected chi connectivity index (χ0v) is 26.7. The minimum absolute atomic E-state index is 0.569. The van der Waals surface area contributed by atoms with Gasteiger partial charge in [0.05, 0.1) is 0 Å². The van der Waals surface area contributed by atoms with E-state index in [0.29, 0.717) is 17.5 Å². The highest BCUT2D eigenvalue weighted by Gasteiger charge is 2.19. The SMILES string of the molecule is c1ccc(-c2ccc(-c3nc(-c4ccccc4)nc(-c4cc(-c5ccc6oc7ccccc7c6c5)c5c(c4)oc4ccccc45)n3)cc2)cc1. The Labute approximate surface area is 287 Å². The first-order chi connectivity index (χ1) is 24.7. The van der Waals surface area contributed by atoms with E-state index in [1.807, 2.05) is 66.7 Å². The number of fused-ring (bicyclic) bond motifs is 6. The van der Waals surface area contributed by atoms with Crippen LogP contribution in [-0.2, 0) is 0 Å². The summed E-state index contributed by atoms with van der Waals surface area (Å²) in [5, 5.41) is 4.26. The summed E-state index contributed by atoms with van der Waals surface area (Å²) in [7, 11) is 0. The lowest BCUT2D eigenvalue weighted by Crippen LogP contribution is -2.00. The number of para-hydroxylation sites is 2. The summed E-state index contributed by atoms with van der Waals surface area (Å²) in [6.07, 6.45) is 0. The number of furan rings is 2. The van der Waals surface area contributed by atoms with Gasteiger partial charge in [-0.1, -0.05) is 127 Å². The van der Waals surface area contributed by atoms with Crippen LogP contribution in [0.5, 0.6) is 0 Å². The van der Waals surface area contributed by atoms with Crippen LogP contribution in [0.3, 0.4) is 0 Å². The van der Waals surface area contributed by atoms with Gasteiger partial charge in [-0.05, 0) is 58.7 Å². The Hall–Kier alpha value is -6.85. The number of nitrogens with zero attached hydrogens (tertiary/aromatic N) is 3. The van der Waals surface area contributed by atoms with Crippen molar-refractivity contribution >= 4 is 43.9 Å². The third-order valence-corrected chi connectivity index (χ3v) is 9.34. The summed E-state index contributed by atoms with van der Waals surface area (Å²) >= 11 is 0. The van der Waals surface area contributed by atoms with Crippen LogP contribution in [0.15, 0.2) is 173 Å². The summed E-state index contributed by atoms with van der Waals surface area (Å²) in [6, 6.07) is 55.8. The van der Waals surface area contributed by atoms with Crippen molar-refractivity contribution in [1.29, 1.82) is 0 Å². The monoisotopic (exact) mass is 641 g/mol. The molecule has 0 radical (unpaired) electrons. The predicted octanol–water partition coefficient (Wildman–Crippen LogP) is 12.0. The molecule has 0 fully saturated rings. The fourth-order valence-electron chi connectivity index (χ4n) is 6.90. The molecule has 0 aliphatic heterocycles. The van der Waals surface area contributed by atoms with E-state index >= 15 is 0 Å². The van der Waals surface area contributed by atoms with Gasteiger partial charge in [0, 0.05) is 38.2 Å². The van der Waals surface area contributed by atoms with E-state index in [1.54, 1.807) is 0 Å². The summed E-state index contributed by atoms with van der Waals surface area (Å²) in [6.45, 7) is 0. The molecule has 234 valence electrons. The van der Waals surface area contributed by atoms with Crippen molar-refractivity contribution in [3.05, 3.63) is 164 Å². The lowest BCUT2D eigenvalue weighted by molar-refractivity contribution is 0.669. The van der Waals surface area contributed by atoms with Crippen molar-refractivity contribution < 1.29 is 8.83 Å². The Balaban J connectivity index is 1.19. The average Bonchev–Trinajstić information content (AvgIpc) is 3.76. The van der Waals surface area contributed by atoms with Crippen LogP contribution in [0, 0.1) is 0 Å². The maximum atomic E-state index is 6.51. The molecule has 5 nitrogen and oxygen atoms in total. The van der Waals surface area contributed by atoms with Crippen LogP contribution in [0.4, 0.5) is 0 Å². The molecular formula is C45H27N3O2. The highest BCUT2D eigenvalue weighted by atomic mass is 16.3. The minimum atomic E-state index is 0.569. The van der Waals surface area contributed by atoms with Crippen molar-refractivity contribution in [2.75, 3.05) is 0 Å². The van der Waals surface area contributed by atoms with E-state index in [1.165, 1.54) is 0 Å². The molecule has 0 N–H and O–H groups in total. The second-order valence-corrected chi connectivity index (χ2v) is 12.4. The molecule has 7 aromatic carbocycles. The van der Waals surface area contributed by atoms with Gasteiger partial charge in [-0.2, -0.15) is 0 Å². The number of hydrogen-bond donors (Lipinski definition) is 0. The van der Waals surface area contributed by atoms with E-state index in [-0.39, 0.29) is 0 Å². The normalized spacial score (nSPS) is 11.6. The minimum Gasteiger partial charge on any atom is -0.456 e. The van der Waals surface area contributed by atoms with Crippen LogP contribution in [0.2, 0.25) is 0 Å². The van der Waals surface area contributed by atoms with E-state index in [0.717, 1.165) is 82.8 Å². The molecule has 10 aromatic rings. The molecular weight excluding hydrogens is 615 g/mol. The Morgan fingerprint density at radius 2 is 0.780 bits per heavy atom. The first-order valence-corrected chi connectivity index (χ1v) is 16.6. The Morgan fingerprint density at radius 1 is 0.300 bits per heavy atom. The van der Waals surface area contributed by atoms with E-state index in [9.17, 15) is 0 Å². The van der Waals surface area contributed by atoms with Gasteiger partial charge in [0.25, 0.3) is 0 Å². The molecule has 0 spiro atoms. The fraction of sp³-hybridized carbons (Fsp3) is 0.